The number of rotatable bonds is 4. The van der Waals surface area contributed by atoms with Crippen molar-refractivity contribution >= 4 is 23.2 Å². The summed E-state index contributed by atoms with van der Waals surface area (Å²) in [5, 5.41) is 3.70. The molecule has 0 amide bonds. The van der Waals surface area contributed by atoms with Crippen molar-refractivity contribution in [2.24, 2.45) is 0 Å². The predicted molar refractivity (Wildman–Crippen MR) is 74.8 cm³/mol. The molecule has 0 aromatic heterocycles. The number of hydrogen-bond acceptors (Lipinski definition) is 1. The van der Waals surface area contributed by atoms with Gasteiger partial charge in [0, 0.05) is 18.0 Å². The summed E-state index contributed by atoms with van der Waals surface area (Å²) in [4.78, 5) is 0. The van der Waals surface area contributed by atoms with E-state index in [0.29, 0.717) is 12.4 Å². The summed E-state index contributed by atoms with van der Waals surface area (Å²) >= 11 is 12.1. The number of nitrogens with one attached hydrogen (secondary N) is 1. The molecule has 4 heteroatoms. The third kappa shape index (κ3) is 3.17. The van der Waals surface area contributed by atoms with Crippen LogP contribution in [0.3, 0.4) is 0 Å². The number of benzene rings is 1. The fraction of sp³-hybridized carbons (Fsp3) is 0.571. The first-order chi connectivity index (χ1) is 8.67. The summed E-state index contributed by atoms with van der Waals surface area (Å²) < 4.78 is 13.3. The Morgan fingerprint density at radius 3 is 2.61 bits per heavy atom. The van der Waals surface area contributed by atoms with E-state index in [1.807, 2.05) is 6.07 Å². The van der Waals surface area contributed by atoms with Gasteiger partial charge < -0.3 is 5.32 Å². The molecule has 1 aliphatic rings. The lowest BCUT2D eigenvalue weighted by atomic mass is 9.83. The molecule has 0 spiro atoms. The molecule has 1 aromatic rings. The highest BCUT2D eigenvalue weighted by molar-refractivity contribution is 6.31. The van der Waals surface area contributed by atoms with E-state index in [4.69, 9.17) is 23.2 Å². The van der Waals surface area contributed by atoms with Crippen molar-refractivity contribution in [1.29, 1.82) is 0 Å². The van der Waals surface area contributed by atoms with E-state index in [-0.39, 0.29) is 16.4 Å². The van der Waals surface area contributed by atoms with Gasteiger partial charge in [0.25, 0.3) is 0 Å². The van der Waals surface area contributed by atoms with E-state index in [0.717, 1.165) is 18.4 Å². The third-order valence-corrected chi connectivity index (χ3v) is 4.69. The van der Waals surface area contributed by atoms with Crippen LogP contribution in [0.25, 0.3) is 0 Å². The largest absolute Gasteiger partial charge is 0.306 e. The highest BCUT2D eigenvalue weighted by Crippen LogP contribution is 2.30. The molecule has 1 aliphatic carbocycles. The van der Waals surface area contributed by atoms with Crippen LogP contribution in [0.2, 0.25) is 5.02 Å². The SMILES string of the molecule is Fc1cccc(CNC2(CCl)CCCCC2)c1Cl. The summed E-state index contributed by atoms with van der Waals surface area (Å²) in [6.07, 6.45) is 5.86. The summed E-state index contributed by atoms with van der Waals surface area (Å²) in [6.45, 7) is 0.573. The first kappa shape index (κ1) is 14.1. The molecule has 2 rings (SSSR count). The lowest BCUT2D eigenvalue weighted by molar-refractivity contribution is 0.256. The lowest BCUT2D eigenvalue weighted by Gasteiger charge is -2.36. The van der Waals surface area contributed by atoms with Gasteiger partial charge in [-0.15, -0.1) is 11.6 Å². The minimum atomic E-state index is -0.362. The van der Waals surface area contributed by atoms with Crippen LogP contribution in [0, 0.1) is 5.82 Å². The van der Waals surface area contributed by atoms with E-state index in [2.05, 4.69) is 5.32 Å². The maximum Gasteiger partial charge on any atom is 0.142 e. The van der Waals surface area contributed by atoms with Crippen LogP contribution in [-0.2, 0) is 6.54 Å². The van der Waals surface area contributed by atoms with Gasteiger partial charge in [-0.25, -0.2) is 4.39 Å². The van der Waals surface area contributed by atoms with Crippen molar-refractivity contribution in [2.45, 2.75) is 44.2 Å². The second-order valence-electron chi connectivity index (χ2n) is 5.04. The van der Waals surface area contributed by atoms with Crippen molar-refractivity contribution in [3.8, 4) is 0 Å². The average Bonchev–Trinajstić information content (AvgIpc) is 2.41. The van der Waals surface area contributed by atoms with Crippen LogP contribution >= 0.6 is 23.2 Å². The van der Waals surface area contributed by atoms with Crippen LogP contribution in [0.4, 0.5) is 4.39 Å². The van der Waals surface area contributed by atoms with Gasteiger partial charge in [-0.1, -0.05) is 43.0 Å². The molecule has 18 heavy (non-hydrogen) atoms. The molecule has 0 unspecified atom stereocenters. The normalized spacial score (nSPS) is 18.8. The van der Waals surface area contributed by atoms with E-state index >= 15 is 0 Å². The molecule has 0 heterocycles. The van der Waals surface area contributed by atoms with Gasteiger partial charge in [0.15, 0.2) is 0 Å². The van der Waals surface area contributed by atoms with Crippen molar-refractivity contribution in [2.75, 3.05) is 5.88 Å². The summed E-state index contributed by atoms with van der Waals surface area (Å²) in [6, 6.07) is 4.92. The molecule has 100 valence electrons. The number of hydrogen-bond donors (Lipinski definition) is 1. The van der Waals surface area contributed by atoms with Crippen LogP contribution < -0.4 is 5.32 Å². The van der Waals surface area contributed by atoms with Crippen LogP contribution in [0.5, 0.6) is 0 Å². The first-order valence-corrected chi connectivity index (χ1v) is 7.32. The Hall–Kier alpha value is -0.310. The predicted octanol–water partition coefficient (Wildman–Crippen LogP) is 4.51. The molecule has 0 radical (unpaired) electrons. The lowest BCUT2D eigenvalue weighted by Crippen LogP contribution is -2.48. The van der Waals surface area contributed by atoms with E-state index < -0.39 is 0 Å². The maximum absolute atomic E-state index is 13.3. The zero-order chi connectivity index (χ0) is 13.0. The number of alkyl halides is 1. The molecule has 0 saturated heterocycles. The van der Waals surface area contributed by atoms with Gasteiger partial charge in [-0.3, -0.25) is 0 Å². The average molecular weight is 290 g/mol. The minimum absolute atomic E-state index is 0.00451. The Labute approximate surface area is 118 Å². The highest BCUT2D eigenvalue weighted by Gasteiger charge is 2.30. The van der Waals surface area contributed by atoms with Gasteiger partial charge in [0.2, 0.25) is 0 Å². The molecule has 1 fully saturated rings. The Morgan fingerprint density at radius 2 is 1.94 bits per heavy atom. The molecule has 0 bridgehead atoms. The van der Waals surface area contributed by atoms with Crippen molar-refractivity contribution in [1.82, 2.24) is 5.32 Å². The second kappa shape index (κ2) is 6.23. The topological polar surface area (TPSA) is 12.0 Å². The van der Waals surface area contributed by atoms with E-state index in [9.17, 15) is 4.39 Å². The summed E-state index contributed by atoms with van der Waals surface area (Å²) in [5.41, 5.74) is 0.793. The second-order valence-corrected chi connectivity index (χ2v) is 5.69. The Balaban J connectivity index is 2.03. The zero-order valence-corrected chi connectivity index (χ0v) is 11.8. The van der Waals surface area contributed by atoms with E-state index in [1.165, 1.54) is 25.3 Å². The summed E-state index contributed by atoms with van der Waals surface area (Å²) in [7, 11) is 0. The molecular weight excluding hydrogens is 272 g/mol. The maximum atomic E-state index is 13.3. The van der Waals surface area contributed by atoms with Gasteiger partial charge in [-0.2, -0.15) is 0 Å². The first-order valence-electron chi connectivity index (χ1n) is 6.41. The van der Waals surface area contributed by atoms with Crippen LogP contribution in [0.15, 0.2) is 18.2 Å². The van der Waals surface area contributed by atoms with Crippen molar-refractivity contribution in [3.63, 3.8) is 0 Å². The monoisotopic (exact) mass is 289 g/mol. The Morgan fingerprint density at radius 1 is 1.22 bits per heavy atom. The van der Waals surface area contributed by atoms with Gasteiger partial charge >= 0.3 is 0 Å². The van der Waals surface area contributed by atoms with E-state index in [1.54, 1.807) is 6.07 Å². The standard InChI is InChI=1S/C14H18Cl2FN/c15-10-14(7-2-1-3-8-14)18-9-11-5-4-6-12(17)13(11)16/h4-6,18H,1-3,7-10H2. The molecule has 1 N–H and O–H groups in total. The molecule has 1 aromatic carbocycles. The third-order valence-electron chi connectivity index (χ3n) is 3.75. The van der Waals surface area contributed by atoms with Crippen molar-refractivity contribution < 1.29 is 4.39 Å². The van der Waals surface area contributed by atoms with Gasteiger partial charge in [0.1, 0.15) is 5.82 Å². The number of halogens is 3. The molecular formula is C14H18Cl2FN. The smallest absolute Gasteiger partial charge is 0.142 e. The highest BCUT2D eigenvalue weighted by atomic mass is 35.5. The van der Waals surface area contributed by atoms with Crippen LogP contribution in [0.1, 0.15) is 37.7 Å². The summed E-state index contributed by atoms with van der Waals surface area (Å²) in [5.74, 6) is 0.236. The molecule has 0 atom stereocenters. The zero-order valence-electron chi connectivity index (χ0n) is 10.3. The fourth-order valence-electron chi connectivity index (χ4n) is 2.55. The van der Waals surface area contributed by atoms with Gasteiger partial charge in [-0.05, 0) is 24.5 Å². The quantitative estimate of drug-likeness (QED) is 0.804. The minimum Gasteiger partial charge on any atom is -0.306 e. The Bertz CT molecular complexity index is 403. The van der Waals surface area contributed by atoms with Crippen molar-refractivity contribution in [3.05, 3.63) is 34.6 Å². The Kier molecular flexibility index (Phi) is 4.88. The molecule has 1 saturated carbocycles. The van der Waals surface area contributed by atoms with Crippen LogP contribution in [-0.4, -0.2) is 11.4 Å². The molecule has 0 aliphatic heterocycles. The fourth-order valence-corrected chi connectivity index (χ4v) is 3.11. The van der Waals surface area contributed by atoms with Gasteiger partial charge in [0.05, 0.1) is 5.02 Å². The molecule has 1 nitrogen and oxygen atoms in total.